The van der Waals surface area contributed by atoms with Gasteiger partial charge in [-0.3, -0.25) is 4.79 Å². The Bertz CT molecular complexity index is 1220. The topological polar surface area (TPSA) is 73.9 Å². The number of hydrogen-bond acceptors (Lipinski definition) is 6. The van der Waals surface area contributed by atoms with Gasteiger partial charge in [0.1, 0.15) is 6.10 Å². The Labute approximate surface area is 212 Å². The number of dihydropyridines is 1. The Hall–Kier alpha value is -3.54. The predicted octanol–water partition coefficient (Wildman–Crippen LogP) is 5.55. The van der Waals surface area contributed by atoms with Crippen LogP contribution < -0.4 is 14.8 Å². The molecule has 36 heavy (non-hydrogen) atoms. The van der Waals surface area contributed by atoms with Crippen molar-refractivity contribution in [3.63, 3.8) is 0 Å². The molecule has 1 fully saturated rings. The maximum atomic E-state index is 13.8. The molecule has 0 spiro atoms. The summed E-state index contributed by atoms with van der Waals surface area (Å²) in [6.45, 7) is 1.89. The molecule has 6 heteroatoms. The summed E-state index contributed by atoms with van der Waals surface area (Å²) in [7, 11) is 3.17. The van der Waals surface area contributed by atoms with Crippen LogP contribution in [0, 0.1) is 0 Å². The molecule has 3 aliphatic rings. The van der Waals surface area contributed by atoms with Gasteiger partial charge < -0.3 is 19.5 Å². The van der Waals surface area contributed by atoms with Crippen molar-refractivity contribution in [2.45, 2.75) is 63.4 Å². The third-order valence-corrected chi connectivity index (χ3v) is 7.64. The first-order chi connectivity index (χ1) is 17.5. The summed E-state index contributed by atoms with van der Waals surface area (Å²) in [5.74, 6) is 0.234. The van der Waals surface area contributed by atoms with Crippen LogP contribution in [0.2, 0.25) is 0 Å². The fraction of sp³-hybridized carbons (Fsp3) is 0.400. The normalized spacial score (nSPS) is 22.2. The van der Waals surface area contributed by atoms with Gasteiger partial charge in [-0.2, -0.15) is 0 Å². The first kappa shape index (κ1) is 24.2. The van der Waals surface area contributed by atoms with Crippen LogP contribution in [0.4, 0.5) is 0 Å². The molecule has 1 heterocycles. The number of ether oxygens (including phenoxy) is 3. The van der Waals surface area contributed by atoms with E-state index in [1.54, 1.807) is 14.2 Å². The van der Waals surface area contributed by atoms with Crippen LogP contribution in [-0.2, 0) is 14.3 Å². The van der Waals surface area contributed by atoms with Crippen LogP contribution >= 0.6 is 0 Å². The minimum absolute atomic E-state index is 0.0335. The molecule has 2 atom stereocenters. The second-order valence-electron chi connectivity index (χ2n) is 9.82. The van der Waals surface area contributed by atoms with Crippen LogP contribution in [0.5, 0.6) is 11.5 Å². The Kier molecular flexibility index (Phi) is 6.86. The Morgan fingerprint density at radius 2 is 1.69 bits per heavy atom. The number of Topliss-reactive ketones (excluding diaryl/α,β-unsaturated/α-hetero) is 1. The summed E-state index contributed by atoms with van der Waals surface area (Å²) in [5, 5.41) is 3.44. The number of benzene rings is 2. The molecule has 6 nitrogen and oxygen atoms in total. The monoisotopic (exact) mass is 487 g/mol. The molecular formula is C30H33NO5. The smallest absolute Gasteiger partial charge is 0.337 e. The summed E-state index contributed by atoms with van der Waals surface area (Å²) in [4.78, 5) is 27.5. The van der Waals surface area contributed by atoms with Gasteiger partial charge in [0, 0.05) is 29.0 Å². The summed E-state index contributed by atoms with van der Waals surface area (Å²) < 4.78 is 17.3. The van der Waals surface area contributed by atoms with Crippen molar-refractivity contribution >= 4 is 11.8 Å². The van der Waals surface area contributed by atoms with Gasteiger partial charge >= 0.3 is 5.97 Å². The van der Waals surface area contributed by atoms with Crippen LogP contribution in [0.1, 0.15) is 68.4 Å². The number of ketones is 1. The van der Waals surface area contributed by atoms with E-state index in [0.717, 1.165) is 42.5 Å². The van der Waals surface area contributed by atoms with E-state index in [1.165, 1.54) is 0 Å². The lowest BCUT2D eigenvalue weighted by Crippen LogP contribution is -2.36. The number of hydrogen-bond donors (Lipinski definition) is 1. The van der Waals surface area contributed by atoms with Gasteiger partial charge in [-0.05, 0) is 56.6 Å². The van der Waals surface area contributed by atoms with Crippen molar-refractivity contribution in [2.24, 2.45) is 0 Å². The minimum atomic E-state index is -0.593. The molecule has 2 aliphatic carbocycles. The number of carbonyl (C=O) groups is 2. The van der Waals surface area contributed by atoms with Crippen molar-refractivity contribution in [2.75, 3.05) is 14.2 Å². The third-order valence-electron chi connectivity index (χ3n) is 7.64. The van der Waals surface area contributed by atoms with Crippen molar-refractivity contribution in [1.29, 1.82) is 0 Å². The third kappa shape index (κ3) is 4.41. The highest BCUT2D eigenvalue weighted by Gasteiger charge is 2.43. The SMILES string of the molecule is COc1cccc(C2C(C(=O)OC3CCCC3)=C(C)NC3=C2C(=O)CC(c2ccccc2)C3)c1OC. The number of esters is 1. The number of para-hydroxylation sites is 1. The summed E-state index contributed by atoms with van der Waals surface area (Å²) in [6, 6.07) is 15.7. The van der Waals surface area contributed by atoms with Gasteiger partial charge in [-0.15, -0.1) is 0 Å². The summed E-state index contributed by atoms with van der Waals surface area (Å²) >= 11 is 0. The summed E-state index contributed by atoms with van der Waals surface area (Å²) in [5.41, 5.74) is 4.55. The van der Waals surface area contributed by atoms with Crippen LogP contribution in [0.15, 0.2) is 71.1 Å². The molecule has 2 aromatic carbocycles. The van der Waals surface area contributed by atoms with Gasteiger partial charge in [-0.1, -0.05) is 42.5 Å². The number of rotatable bonds is 6. The van der Waals surface area contributed by atoms with Crippen molar-refractivity contribution in [3.05, 3.63) is 82.2 Å². The van der Waals surface area contributed by atoms with Gasteiger partial charge in [-0.25, -0.2) is 4.79 Å². The molecule has 0 saturated heterocycles. The van der Waals surface area contributed by atoms with E-state index < -0.39 is 5.92 Å². The van der Waals surface area contributed by atoms with Crippen LogP contribution in [0.25, 0.3) is 0 Å². The molecule has 188 valence electrons. The van der Waals surface area contributed by atoms with E-state index in [0.29, 0.717) is 41.2 Å². The molecule has 2 aromatic rings. The Balaban J connectivity index is 1.61. The molecule has 0 aromatic heterocycles. The minimum Gasteiger partial charge on any atom is -0.493 e. The van der Waals surface area contributed by atoms with Gasteiger partial charge in [0.05, 0.1) is 25.7 Å². The van der Waals surface area contributed by atoms with Gasteiger partial charge in [0.15, 0.2) is 17.3 Å². The molecule has 0 radical (unpaired) electrons. The second kappa shape index (κ2) is 10.2. The molecule has 1 N–H and O–H groups in total. The largest absolute Gasteiger partial charge is 0.493 e. The zero-order valence-electron chi connectivity index (χ0n) is 21.1. The average molecular weight is 488 g/mol. The lowest BCUT2D eigenvalue weighted by molar-refractivity contribution is -0.144. The molecule has 1 saturated carbocycles. The highest BCUT2D eigenvalue weighted by Crippen LogP contribution is 2.49. The van der Waals surface area contributed by atoms with E-state index in [2.05, 4.69) is 17.4 Å². The predicted molar refractivity (Wildman–Crippen MR) is 137 cm³/mol. The highest BCUT2D eigenvalue weighted by molar-refractivity contribution is 6.04. The zero-order valence-corrected chi connectivity index (χ0v) is 21.1. The number of carbonyl (C=O) groups excluding carboxylic acids is 2. The highest BCUT2D eigenvalue weighted by atomic mass is 16.5. The van der Waals surface area contributed by atoms with E-state index in [9.17, 15) is 9.59 Å². The number of allylic oxidation sites excluding steroid dienone is 3. The van der Waals surface area contributed by atoms with Gasteiger partial charge in [0.2, 0.25) is 0 Å². The van der Waals surface area contributed by atoms with E-state index in [-0.39, 0.29) is 23.8 Å². The maximum absolute atomic E-state index is 13.8. The summed E-state index contributed by atoms with van der Waals surface area (Å²) in [6.07, 6.45) is 4.89. The molecule has 5 rings (SSSR count). The van der Waals surface area contributed by atoms with Gasteiger partial charge in [0.25, 0.3) is 0 Å². The standard InChI is InChI=1S/C30H33NO5/c1-18-26(30(33)36-21-12-7-8-13-21)27(22-14-9-15-25(34-2)29(22)35-3)28-23(31-18)16-20(17-24(28)32)19-10-5-4-6-11-19/h4-6,9-11,14-15,20-21,27,31H,7-8,12-13,16-17H2,1-3H3. The molecule has 1 aliphatic heterocycles. The zero-order chi connectivity index (χ0) is 25.2. The molecule has 0 amide bonds. The lowest BCUT2D eigenvalue weighted by Gasteiger charge is -2.37. The van der Waals surface area contributed by atoms with Crippen LogP contribution in [-0.4, -0.2) is 32.1 Å². The first-order valence-corrected chi connectivity index (χ1v) is 12.7. The average Bonchev–Trinajstić information content (AvgIpc) is 3.40. The molecular weight excluding hydrogens is 454 g/mol. The number of nitrogens with one attached hydrogen (secondary N) is 1. The molecule has 2 unspecified atom stereocenters. The lowest BCUT2D eigenvalue weighted by atomic mass is 9.71. The quantitative estimate of drug-likeness (QED) is 0.539. The first-order valence-electron chi connectivity index (χ1n) is 12.7. The Morgan fingerprint density at radius 3 is 2.39 bits per heavy atom. The van der Waals surface area contributed by atoms with Crippen LogP contribution in [0.3, 0.4) is 0 Å². The van der Waals surface area contributed by atoms with Crippen molar-refractivity contribution < 1.29 is 23.8 Å². The Morgan fingerprint density at radius 1 is 0.944 bits per heavy atom. The second-order valence-corrected chi connectivity index (χ2v) is 9.82. The number of methoxy groups -OCH3 is 2. The van der Waals surface area contributed by atoms with E-state index >= 15 is 0 Å². The maximum Gasteiger partial charge on any atom is 0.337 e. The van der Waals surface area contributed by atoms with E-state index in [1.807, 2.05) is 43.3 Å². The van der Waals surface area contributed by atoms with Crippen molar-refractivity contribution in [3.8, 4) is 11.5 Å². The molecule has 0 bridgehead atoms. The fourth-order valence-corrected chi connectivity index (χ4v) is 5.94. The van der Waals surface area contributed by atoms with Crippen molar-refractivity contribution in [1.82, 2.24) is 5.32 Å². The fourth-order valence-electron chi connectivity index (χ4n) is 5.94. The van der Waals surface area contributed by atoms with E-state index in [4.69, 9.17) is 14.2 Å².